The number of tetrazole rings is 1. The molecule has 2 aromatic heterocycles. The quantitative estimate of drug-likeness (QED) is 0.839. The normalized spacial score (nSPS) is 13.2. The van der Waals surface area contributed by atoms with Gasteiger partial charge in [-0.2, -0.15) is 4.52 Å². The number of hydrogen-bond acceptors (Lipinski definition) is 5. The Morgan fingerprint density at radius 1 is 1.31 bits per heavy atom. The van der Waals surface area contributed by atoms with Crippen LogP contribution in [0, 0.1) is 11.8 Å². The maximum atomic E-state index is 4.08. The topological polar surface area (TPSA) is 68.0 Å². The van der Waals surface area contributed by atoms with Crippen molar-refractivity contribution in [3.8, 4) is 0 Å². The van der Waals surface area contributed by atoms with E-state index in [1.165, 1.54) is 0 Å². The summed E-state index contributed by atoms with van der Waals surface area (Å²) < 4.78 is 1.65. The lowest BCUT2D eigenvalue weighted by Gasteiger charge is -2.16. The highest BCUT2D eigenvalue weighted by Crippen LogP contribution is 2.12. The lowest BCUT2D eigenvalue weighted by molar-refractivity contribution is 0.439. The van der Waals surface area contributed by atoms with Crippen molar-refractivity contribution in [1.29, 1.82) is 0 Å². The molecule has 6 heteroatoms. The van der Waals surface area contributed by atoms with E-state index in [9.17, 15) is 0 Å². The number of rotatable bonds is 4. The molecule has 2 heterocycles. The zero-order chi connectivity index (χ0) is 11.5. The van der Waals surface area contributed by atoms with Gasteiger partial charge in [0.2, 0.25) is 0 Å². The zero-order valence-corrected chi connectivity index (χ0v) is 9.75. The van der Waals surface area contributed by atoms with Crippen molar-refractivity contribution in [3.63, 3.8) is 0 Å². The van der Waals surface area contributed by atoms with Crippen molar-refractivity contribution in [3.05, 3.63) is 12.4 Å². The van der Waals surface area contributed by atoms with Crippen LogP contribution in [0.4, 0.5) is 5.82 Å². The molecule has 0 radical (unpaired) electrons. The summed E-state index contributed by atoms with van der Waals surface area (Å²) in [4.78, 5) is 4.08. The largest absolute Gasteiger partial charge is 0.368 e. The van der Waals surface area contributed by atoms with Crippen molar-refractivity contribution in [2.24, 2.45) is 11.8 Å². The third-order valence-corrected chi connectivity index (χ3v) is 2.85. The average Bonchev–Trinajstić information content (AvgIpc) is 2.73. The van der Waals surface area contributed by atoms with Crippen LogP contribution in [0.2, 0.25) is 0 Å². The van der Waals surface area contributed by atoms with Crippen LogP contribution >= 0.6 is 0 Å². The molecule has 2 rings (SSSR count). The number of anilines is 1. The molecule has 0 aliphatic carbocycles. The summed E-state index contributed by atoms with van der Waals surface area (Å²) in [6.07, 6.45) is 3.37. The highest BCUT2D eigenvalue weighted by atomic mass is 15.5. The highest BCUT2D eigenvalue weighted by Gasteiger charge is 2.08. The fraction of sp³-hybridized carbons (Fsp3) is 0.600. The predicted molar refractivity (Wildman–Crippen MR) is 61.1 cm³/mol. The number of hydrogen-bond donors (Lipinski definition) is 1. The Labute approximate surface area is 94.1 Å². The molecule has 16 heavy (non-hydrogen) atoms. The van der Waals surface area contributed by atoms with Gasteiger partial charge < -0.3 is 5.32 Å². The highest BCUT2D eigenvalue weighted by molar-refractivity contribution is 5.43. The van der Waals surface area contributed by atoms with E-state index in [0.717, 1.165) is 12.4 Å². The van der Waals surface area contributed by atoms with Gasteiger partial charge in [-0.25, -0.2) is 0 Å². The van der Waals surface area contributed by atoms with Crippen molar-refractivity contribution >= 4 is 11.5 Å². The van der Waals surface area contributed by atoms with Crippen molar-refractivity contribution in [2.75, 3.05) is 11.9 Å². The second-order valence-corrected chi connectivity index (χ2v) is 4.34. The minimum absolute atomic E-state index is 0.590. The SMILES string of the molecule is CC(C)C(C)CNc1cncc2nnnn12. The third kappa shape index (κ3) is 2.10. The monoisotopic (exact) mass is 220 g/mol. The Morgan fingerprint density at radius 3 is 2.88 bits per heavy atom. The maximum absolute atomic E-state index is 4.08. The van der Waals surface area contributed by atoms with Crippen LogP contribution in [0.25, 0.3) is 5.65 Å². The summed E-state index contributed by atoms with van der Waals surface area (Å²) in [5.74, 6) is 2.07. The van der Waals surface area contributed by atoms with Crippen molar-refractivity contribution in [2.45, 2.75) is 20.8 Å². The molecule has 0 amide bonds. The average molecular weight is 220 g/mol. The summed E-state index contributed by atoms with van der Waals surface area (Å²) in [5, 5.41) is 14.7. The Morgan fingerprint density at radius 2 is 2.12 bits per heavy atom. The third-order valence-electron chi connectivity index (χ3n) is 2.85. The summed E-state index contributed by atoms with van der Waals surface area (Å²) in [5.41, 5.74) is 0.655. The van der Waals surface area contributed by atoms with Crippen LogP contribution in [0.1, 0.15) is 20.8 Å². The smallest absolute Gasteiger partial charge is 0.199 e. The Hall–Kier alpha value is -1.72. The number of aromatic nitrogens is 5. The first-order valence-corrected chi connectivity index (χ1v) is 5.44. The molecule has 2 aromatic rings. The maximum Gasteiger partial charge on any atom is 0.199 e. The molecule has 0 saturated carbocycles. The van der Waals surface area contributed by atoms with Gasteiger partial charge in [-0.3, -0.25) is 4.98 Å². The predicted octanol–water partition coefficient (Wildman–Crippen LogP) is 1.22. The number of nitrogens with zero attached hydrogens (tertiary/aromatic N) is 5. The molecule has 0 fully saturated rings. The van der Waals surface area contributed by atoms with E-state index in [2.05, 4.69) is 46.6 Å². The van der Waals surface area contributed by atoms with E-state index < -0.39 is 0 Å². The van der Waals surface area contributed by atoms with Gasteiger partial charge in [0.1, 0.15) is 5.82 Å². The second kappa shape index (κ2) is 4.42. The molecule has 0 aromatic carbocycles. The van der Waals surface area contributed by atoms with Gasteiger partial charge in [0, 0.05) is 6.54 Å². The van der Waals surface area contributed by atoms with Gasteiger partial charge in [-0.05, 0) is 22.3 Å². The van der Waals surface area contributed by atoms with Crippen LogP contribution in [0.3, 0.4) is 0 Å². The van der Waals surface area contributed by atoms with Crippen LogP contribution < -0.4 is 5.32 Å². The molecule has 0 spiro atoms. The molecule has 1 N–H and O–H groups in total. The van der Waals surface area contributed by atoms with Gasteiger partial charge in [0.15, 0.2) is 5.65 Å². The van der Waals surface area contributed by atoms with Crippen LogP contribution in [0.5, 0.6) is 0 Å². The van der Waals surface area contributed by atoms with E-state index >= 15 is 0 Å². The molecular formula is C10H16N6. The molecule has 1 atom stereocenters. The molecule has 1 unspecified atom stereocenters. The Kier molecular flexibility index (Phi) is 2.98. The van der Waals surface area contributed by atoms with E-state index in [-0.39, 0.29) is 0 Å². The minimum Gasteiger partial charge on any atom is -0.368 e. The Balaban J connectivity index is 2.12. The molecule has 6 nitrogen and oxygen atoms in total. The zero-order valence-electron chi connectivity index (χ0n) is 9.75. The summed E-state index contributed by atoms with van der Waals surface area (Å²) in [6.45, 7) is 7.52. The first-order valence-electron chi connectivity index (χ1n) is 5.44. The van der Waals surface area contributed by atoms with Crippen molar-refractivity contribution < 1.29 is 0 Å². The van der Waals surface area contributed by atoms with E-state index in [1.807, 2.05) is 0 Å². The summed E-state index contributed by atoms with van der Waals surface area (Å²) in [7, 11) is 0. The van der Waals surface area contributed by atoms with Crippen LogP contribution in [-0.4, -0.2) is 31.6 Å². The van der Waals surface area contributed by atoms with Crippen LogP contribution in [0.15, 0.2) is 12.4 Å². The van der Waals surface area contributed by atoms with Gasteiger partial charge >= 0.3 is 0 Å². The van der Waals surface area contributed by atoms with E-state index in [1.54, 1.807) is 16.9 Å². The minimum atomic E-state index is 0.590. The molecule has 0 bridgehead atoms. The first-order chi connectivity index (χ1) is 7.68. The molecule has 0 aliphatic heterocycles. The van der Waals surface area contributed by atoms with E-state index in [0.29, 0.717) is 17.5 Å². The lowest BCUT2D eigenvalue weighted by Crippen LogP contribution is -2.18. The van der Waals surface area contributed by atoms with Crippen molar-refractivity contribution in [1.82, 2.24) is 25.0 Å². The molecule has 0 saturated heterocycles. The number of fused-ring (bicyclic) bond motifs is 1. The summed E-state index contributed by atoms with van der Waals surface area (Å²) >= 11 is 0. The van der Waals surface area contributed by atoms with Gasteiger partial charge in [0.05, 0.1) is 12.4 Å². The fourth-order valence-electron chi connectivity index (χ4n) is 1.30. The Bertz CT molecular complexity index is 463. The standard InChI is InChI=1S/C10H16N6/c1-7(2)8(3)4-12-9-5-11-6-10-13-14-15-16(9)10/h5-8,12H,4H2,1-3H3. The molecule has 0 aliphatic rings. The number of nitrogens with one attached hydrogen (secondary N) is 1. The fourth-order valence-corrected chi connectivity index (χ4v) is 1.30. The summed E-state index contributed by atoms with van der Waals surface area (Å²) in [6, 6.07) is 0. The van der Waals surface area contributed by atoms with Gasteiger partial charge in [-0.15, -0.1) is 5.10 Å². The first kappa shape index (κ1) is 10.8. The molecule has 86 valence electrons. The van der Waals surface area contributed by atoms with Gasteiger partial charge in [0.25, 0.3) is 0 Å². The van der Waals surface area contributed by atoms with E-state index in [4.69, 9.17) is 0 Å². The lowest BCUT2D eigenvalue weighted by atomic mass is 9.98. The van der Waals surface area contributed by atoms with Crippen LogP contribution in [-0.2, 0) is 0 Å². The van der Waals surface area contributed by atoms with Gasteiger partial charge in [-0.1, -0.05) is 20.8 Å². The molecular weight excluding hydrogens is 204 g/mol. The second-order valence-electron chi connectivity index (χ2n) is 4.34.